The van der Waals surface area contributed by atoms with Gasteiger partial charge in [-0.3, -0.25) is 4.99 Å². The van der Waals surface area contributed by atoms with E-state index in [1.54, 1.807) is 19.2 Å². The van der Waals surface area contributed by atoms with Crippen molar-refractivity contribution in [2.45, 2.75) is 25.5 Å². The van der Waals surface area contributed by atoms with E-state index in [0.717, 1.165) is 31.6 Å². The van der Waals surface area contributed by atoms with Gasteiger partial charge < -0.3 is 29.6 Å². The second-order valence-electron chi connectivity index (χ2n) is 6.09. The van der Waals surface area contributed by atoms with Gasteiger partial charge in [0.15, 0.2) is 5.96 Å². The molecule has 150 valence electrons. The van der Waals surface area contributed by atoms with E-state index in [4.69, 9.17) is 18.9 Å². The summed E-state index contributed by atoms with van der Waals surface area (Å²) in [6.45, 7) is 3.46. The molecule has 2 rings (SSSR count). The normalized spacial score (nSPS) is 16.9. The first kappa shape index (κ1) is 21.0. The Kier molecular flexibility index (Phi) is 8.86. The van der Waals surface area contributed by atoms with E-state index < -0.39 is 5.97 Å². The van der Waals surface area contributed by atoms with Gasteiger partial charge in [0.2, 0.25) is 0 Å². The minimum absolute atomic E-state index is 0.238. The second kappa shape index (κ2) is 11.4. The molecule has 1 saturated heterocycles. The number of methoxy groups -OCH3 is 2. The van der Waals surface area contributed by atoms with Crippen LogP contribution in [0.3, 0.4) is 0 Å². The number of carbonyl (C=O) groups excluding carboxylic acids is 1. The van der Waals surface area contributed by atoms with E-state index in [1.807, 2.05) is 6.07 Å². The Morgan fingerprint density at radius 2 is 2.19 bits per heavy atom. The maximum atomic E-state index is 11.9. The molecule has 1 aliphatic rings. The van der Waals surface area contributed by atoms with Gasteiger partial charge in [0.1, 0.15) is 11.3 Å². The molecule has 0 amide bonds. The number of hydrogen-bond donors (Lipinski definition) is 2. The van der Waals surface area contributed by atoms with Crippen LogP contribution in [0.4, 0.5) is 0 Å². The van der Waals surface area contributed by atoms with Crippen LogP contribution >= 0.6 is 0 Å². The summed E-state index contributed by atoms with van der Waals surface area (Å²) in [5, 5.41) is 6.47. The molecule has 0 aromatic heterocycles. The summed E-state index contributed by atoms with van der Waals surface area (Å²) in [5.41, 5.74) is 1.32. The number of guanidine groups is 1. The molecule has 0 saturated carbocycles. The number of nitrogens with zero attached hydrogens (tertiary/aromatic N) is 1. The fraction of sp³-hybridized carbons (Fsp3) is 0.579. The van der Waals surface area contributed by atoms with E-state index in [1.165, 1.54) is 14.2 Å². The molecule has 0 bridgehead atoms. The van der Waals surface area contributed by atoms with Crippen molar-refractivity contribution in [2.75, 3.05) is 47.6 Å². The first-order chi connectivity index (χ1) is 13.2. The summed E-state index contributed by atoms with van der Waals surface area (Å²) in [6.07, 6.45) is 2.10. The van der Waals surface area contributed by atoms with Crippen molar-refractivity contribution in [2.24, 2.45) is 4.99 Å². The van der Waals surface area contributed by atoms with Gasteiger partial charge in [0, 0.05) is 33.4 Å². The van der Waals surface area contributed by atoms with E-state index in [0.29, 0.717) is 37.0 Å². The fourth-order valence-electron chi connectivity index (χ4n) is 2.71. The molecule has 1 fully saturated rings. The first-order valence-electron chi connectivity index (χ1n) is 9.07. The molecule has 0 aliphatic carbocycles. The largest absolute Gasteiger partial charge is 0.496 e. The Hall–Kier alpha value is -2.32. The van der Waals surface area contributed by atoms with Crippen molar-refractivity contribution in [3.8, 4) is 5.75 Å². The van der Waals surface area contributed by atoms with Crippen molar-refractivity contribution in [3.63, 3.8) is 0 Å². The number of ether oxygens (including phenoxy) is 4. The number of hydrogen-bond acceptors (Lipinski definition) is 6. The van der Waals surface area contributed by atoms with Gasteiger partial charge in [-0.25, -0.2) is 4.79 Å². The van der Waals surface area contributed by atoms with Crippen molar-refractivity contribution in [1.82, 2.24) is 10.6 Å². The zero-order chi connectivity index (χ0) is 19.5. The standard InChI is InChI=1S/C19H29N3O5/c1-20-19(21-8-4-9-27-15-7-10-26-13-15)22-12-14-5-6-17(24-2)16(11-14)18(23)25-3/h5-6,11,15H,4,7-10,12-13H2,1-3H3,(H2,20,21,22). The highest BCUT2D eigenvalue weighted by Crippen LogP contribution is 2.20. The van der Waals surface area contributed by atoms with Gasteiger partial charge in [-0.2, -0.15) is 0 Å². The van der Waals surface area contributed by atoms with Crippen LogP contribution in [0, 0.1) is 0 Å². The van der Waals surface area contributed by atoms with Crippen molar-refractivity contribution in [3.05, 3.63) is 29.3 Å². The molecular weight excluding hydrogens is 350 g/mol. The number of rotatable bonds is 9. The Morgan fingerprint density at radius 1 is 1.33 bits per heavy atom. The van der Waals surface area contributed by atoms with Crippen molar-refractivity contribution < 1.29 is 23.7 Å². The van der Waals surface area contributed by atoms with Crippen molar-refractivity contribution >= 4 is 11.9 Å². The van der Waals surface area contributed by atoms with Crippen LogP contribution in [-0.2, 0) is 20.8 Å². The zero-order valence-corrected chi connectivity index (χ0v) is 16.2. The molecule has 1 unspecified atom stereocenters. The lowest BCUT2D eigenvalue weighted by Gasteiger charge is -2.14. The summed E-state index contributed by atoms with van der Waals surface area (Å²) < 4.78 is 21.0. The second-order valence-corrected chi connectivity index (χ2v) is 6.09. The number of nitrogens with one attached hydrogen (secondary N) is 2. The van der Waals surface area contributed by atoms with Gasteiger partial charge in [-0.05, 0) is 30.5 Å². The van der Waals surface area contributed by atoms with Gasteiger partial charge >= 0.3 is 5.97 Å². The highest BCUT2D eigenvalue weighted by Gasteiger charge is 2.15. The maximum absolute atomic E-state index is 11.9. The van der Waals surface area contributed by atoms with Crippen LogP contribution < -0.4 is 15.4 Å². The van der Waals surface area contributed by atoms with Crippen LogP contribution in [0.15, 0.2) is 23.2 Å². The number of benzene rings is 1. The topological polar surface area (TPSA) is 90.4 Å². The number of esters is 1. The molecule has 1 aromatic carbocycles. The maximum Gasteiger partial charge on any atom is 0.341 e. The lowest BCUT2D eigenvalue weighted by Crippen LogP contribution is -2.37. The van der Waals surface area contributed by atoms with Crippen LogP contribution in [0.5, 0.6) is 5.75 Å². The predicted octanol–water partition coefficient (Wildman–Crippen LogP) is 1.34. The minimum Gasteiger partial charge on any atom is -0.496 e. The van der Waals surface area contributed by atoms with Gasteiger partial charge in [0.05, 0.1) is 26.9 Å². The van der Waals surface area contributed by atoms with E-state index >= 15 is 0 Å². The molecule has 1 heterocycles. The first-order valence-corrected chi connectivity index (χ1v) is 9.07. The molecule has 1 aliphatic heterocycles. The van der Waals surface area contributed by atoms with E-state index in [-0.39, 0.29) is 6.10 Å². The highest BCUT2D eigenvalue weighted by atomic mass is 16.5. The Balaban J connectivity index is 1.75. The summed E-state index contributed by atoms with van der Waals surface area (Å²) >= 11 is 0. The highest BCUT2D eigenvalue weighted by molar-refractivity contribution is 5.92. The smallest absolute Gasteiger partial charge is 0.341 e. The van der Waals surface area contributed by atoms with Crippen LogP contribution in [-0.4, -0.2) is 65.7 Å². The van der Waals surface area contributed by atoms with Crippen molar-refractivity contribution in [1.29, 1.82) is 0 Å². The third kappa shape index (κ3) is 6.73. The van der Waals surface area contributed by atoms with Gasteiger partial charge in [-0.1, -0.05) is 6.07 Å². The molecule has 1 aromatic rings. The molecule has 0 radical (unpaired) electrons. The monoisotopic (exact) mass is 379 g/mol. The molecule has 0 spiro atoms. The Bertz CT molecular complexity index is 630. The molecule has 27 heavy (non-hydrogen) atoms. The average molecular weight is 379 g/mol. The van der Waals surface area contributed by atoms with E-state index in [2.05, 4.69) is 15.6 Å². The molecule has 8 heteroatoms. The third-order valence-corrected chi connectivity index (χ3v) is 4.21. The SMILES string of the molecule is CN=C(NCCCOC1CCOC1)NCc1ccc(OC)c(C(=O)OC)c1. The zero-order valence-electron chi connectivity index (χ0n) is 16.2. The van der Waals surface area contributed by atoms with Crippen LogP contribution in [0.2, 0.25) is 0 Å². The third-order valence-electron chi connectivity index (χ3n) is 4.21. The quantitative estimate of drug-likeness (QED) is 0.290. The van der Waals surface area contributed by atoms with Gasteiger partial charge in [0.25, 0.3) is 0 Å². The Morgan fingerprint density at radius 3 is 2.85 bits per heavy atom. The summed E-state index contributed by atoms with van der Waals surface area (Å²) in [6, 6.07) is 5.40. The fourth-order valence-corrected chi connectivity index (χ4v) is 2.71. The number of aliphatic imine (C=N–C) groups is 1. The average Bonchev–Trinajstić information content (AvgIpc) is 3.22. The van der Waals surface area contributed by atoms with Crippen LogP contribution in [0.1, 0.15) is 28.8 Å². The summed E-state index contributed by atoms with van der Waals surface area (Å²) in [7, 11) is 4.59. The summed E-state index contributed by atoms with van der Waals surface area (Å²) in [5.74, 6) is 0.749. The lowest BCUT2D eigenvalue weighted by molar-refractivity contribution is 0.0420. The van der Waals surface area contributed by atoms with Gasteiger partial charge in [-0.15, -0.1) is 0 Å². The molecule has 8 nitrogen and oxygen atoms in total. The predicted molar refractivity (Wildman–Crippen MR) is 102 cm³/mol. The molecular formula is C19H29N3O5. The molecule has 2 N–H and O–H groups in total. The van der Waals surface area contributed by atoms with E-state index in [9.17, 15) is 4.79 Å². The Labute approximate surface area is 160 Å². The minimum atomic E-state index is -0.427. The molecule has 1 atom stereocenters. The summed E-state index contributed by atoms with van der Waals surface area (Å²) in [4.78, 5) is 16.1. The number of carbonyl (C=O) groups is 1. The van der Waals surface area contributed by atoms with Crippen LogP contribution in [0.25, 0.3) is 0 Å². The lowest BCUT2D eigenvalue weighted by atomic mass is 10.1.